The third-order valence-electron chi connectivity index (χ3n) is 3.46. The highest BCUT2D eigenvalue weighted by atomic mass is 16.3. The average molecular weight is 234 g/mol. The summed E-state index contributed by atoms with van der Waals surface area (Å²) in [7, 11) is 2.19. The summed E-state index contributed by atoms with van der Waals surface area (Å²) in [6.07, 6.45) is 2.62. The number of phenols is 1. The molecule has 0 amide bonds. The zero-order valence-electron chi connectivity index (χ0n) is 10.5. The van der Waals surface area contributed by atoms with E-state index < -0.39 is 0 Å². The second kappa shape index (κ2) is 6.03. The molecule has 1 atom stereocenters. The fraction of sp³-hybridized carbons (Fsp3) is 0.571. The smallest absolute Gasteiger partial charge is 0.120 e. The maximum Gasteiger partial charge on any atom is 0.120 e. The van der Waals surface area contributed by atoms with Gasteiger partial charge in [0.25, 0.3) is 0 Å². The van der Waals surface area contributed by atoms with Gasteiger partial charge in [-0.3, -0.25) is 0 Å². The molecule has 0 bridgehead atoms. The van der Waals surface area contributed by atoms with Crippen molar-refractivity contribution in [2.75, 3.05) is 26.7 Å². The Balaban J connectivity index is 1.74. The molecule has 0 spiro atoms. The first-order valence-corrected chi connectivity index (χ1v) is 6.42. The Morgan fingerprint density at radius 3 is 3.00 bits per heavy atom. The van der Waals surface area contributed by atoms with Crippen LogP contribution in [0.1, 0.15) is 18.4 Å². The molecule has 2 rings (SSSR count). The summed E-state index contributed by atoms with van der Waals surface area (Å²) in [4.78, 5) is 2.40. The largest absolute Gasteiger partial charge is 0.508 e. The van der Waals surface area contributed by atoms with E-state index in [1.807, 2.05) is 18.2 Å². The highest BCUT2D eigenvalue weighted by molar-refractivity contribution is 5.31. The molecule has 1 heterocycles. The van der Waals surface area contributed by atoms with Gasteiger partial charge in [0.05, 0.1) is 0 Å². The van der Waals surface area contributed by atoms with Gasteiger partial charge in [-0.05, 0) is 45.0 Å². The van der Waals surface area contributed by atoms with Crippen molar-refractivity contribution in [3.63, 3.8) is 0 Å². The predicted octanol–water partition coefficient (Wildman–Crippen LogP) is 1.82. The first-order valence-electron chi connectivity index (χ1n) is 6.42. The Kier molecular flexibility index (Phi) is 4.40. The lowest BCUT2D eigenvalue weighted by atomic mass is 9.98. The van der Waals surface area contributed by atoms with Gasteiger partial charge in [-0.15, -0.1) is 0 Å². The van der Waals surface area contributed by atoms with Crippen molar-refractivity contribution in [3.8, 4) is 5.75 Å². The van der Waals surface area contributed by atoms with Crippen LogP contribution in [-0.2, 0) is 6.54 Å². The normalized spacial score (nSPS) is 21.6. The first kappa shape index (κ1) is 12.4. The summed E-state index contributed by atoms with van der Waals surface area (Å²) in [6.45, 7) is 4.22. The van der Waals surface area contributed by atoms with E-state index in [9.17, 15) is 5.11 Å². The van der Waals surface area contributed by atoms with E-state index in [2.05, 4.69) is 17.3 Å². The molecule has 1 aromatic carbocycles. The van der Waals surface area contributed by atoms with Crippen LogP contribution < -0.4 is 5.32 Å². The van der Waals surface area contributed by atoms with Gasteiger partial charge in [-0.1, -0.05) is 18.2 Å². The van der Waals surface area contributed by atoms with E-state index >= 15 is 0 Å². The molecule has 1 aliphatic rings. The van der Waals surface area contributed by atoms with Crippen molar-refractivity contribution in [2.45, 2.75) is 19.4 Å². The Labute approximate surface area is 103 Å². The van der Waals surface area contributed by atoms with E-state index in [0.29, 0.717) is 5.75 Å². The van der Waals surface area contributed by atoms with Crippen molar-refractivity contribution in [1.82, 2.24) is 10.2 Å². The number of phenolic OH excluding ortho intramolecular Hbond substituents is 1. The van der Waals surface area contributed by atoms with Crippen LogP contribution in [-0.4, -0.2) is 36.7 Å². The van der Waals surface area contributed by atoms with Crippen LogP contribution in [0.5, 0.6) is 5.75 Å². The van der Waals surface area contributed by atoms with Gasteiger partial charge < -0.3 is 15.3 Å². The van der Waals surface area contributed by atoms with Crippen LogP contribution in [0.25, 0.3) is 0 Å². The fourth-order valence-electron chi connectivity index (χ4n) is 2.51. The monoisotopic (exact) mass is 234 g/mol. The Hall–Kier alpha value is -1.06. The van der Waals surface area contributed by atoms with Gasteiger partial charge in [0.2, 0.25) is 0 Å². The number of hydrogen-bond acceptors (Lipinski definition) is 3. The third-order valence-corrected chi connectivity index (χ3v) is 3.46. The number of hydrogen-bond donors (Lipinski definition) is 2. The first-order chi connectivity index (χ1) is 8.25. The summed E-state index contributed by atoms with van der Waals surface area (Å²) < 4.78 is 0. The fourth-order valence-corrected chi connectivity index (χ4v) is 2.51. The van der Waals surface area contributed by atoms with Gasteiger partial charge in [-0.25, -0.2) is 0 Å². The lowest BCUT2D eigenvalue weighted by Crippen LogP contribution is -2.37. The Morgan fingerprint density at radius 1 is 1.41 bits per heavy atom. The zero-order chi connectivity index (χ0) is 12.1. The van der Waals surface area contributed by atoms with E-state index in [4.69, 9.17) is 0 Å². The van der Waals surface area contributed by atoms with Crippen molar-refractivity contribution in [1.29, 1.82) is 0 Å². The number of likely N-dealkylation sites (tertiary alicyclic amines) is 1. The standard InChI is InChI=1S/C14H22N2O/c1-16-8-4-5-12(11-16)9-15-10-13-6-2-3-7-14(13)17/h2-3,6-7,12,15,17H,4-5,8-11H2,1H3. The molecule has 94 valence electrons. The molecule has 1 saturated heterocycles. The molecule has 1 unspecified atom stereocenters. The van der Waals surface area contributed by atoms with Gasteiger partial charge in [0.1, 0.15) is 5.75 Å². The van der Waals surface area contributed by atoms with Crippen LogP contribution in [0.2, 0.25) is 0 Å². The highest BCUT2D eigenvalue weighted by Crippen LogP contribution is 2.16. The summed E-state index contributed by atoms with van der Waals surface area (Å²) in [5, 5.41) is 13.1. The molecule has 0 aromatic heterocycles. The third kappa shape index (κ3) is 3.72. The molecule has 1 aliphatic heterocycles. The highest BCUT2D eigenvalue weighted by Gasteiger charge is 2.16. The maximum absolute atomic E-state index is 9.64. The quantitative estimate of drug-likeness (QED) is 0.834. The molecule has 17 heavy (non-hydrogen) atoms. The van der Waals surface area contributed by atoms with Crippen LogP contribution in [0.4, 0.5) is 0 Å². The summed E-state index contributed by atoms with van der Waals surface area (Å²) in [5.74, 6) is 1.14. The lowest BCUT2D eigenvalue weighted by Gasteiger charge is -2.29. The second-order valence-corrected chi connectivity index (χ2v) is 5.03. The van der Waals surface area contributed by atoms with E-state index in [1.165, 1.54) is 25.9 Å². The Bertz CT molecular complexity index is 354. The summed E-state index contributed by atoms with van der Waals surface area (Å²) in [6, 6.07) is 7.53. The number of piperidine rings is 1. The molecule has 1 fully saturated rings. The molecule has 0 aliphatic carbocycles. The van der Waals surface area contributed by atoms with E-state index in [1.54, 1.807) is 6.07 Å². The molecule has 3 heteroatoms. The van der Waals surface area contributed by atoms with Gasteiger partial charge in [-0.2, -0.15) is 0 Å². The number of nitrogens with one attached hydrogen (secondary N) is 1. The molecule has 3 nitrogen and oxygen atoms in total. The average Bonchev–Trinajstić information content (AvgIpc) is 2.32. The molecule has 0 radical (unpaired) electrons. The minimum Gasteiger partial charge on any atom is -0.508 e. The van der Waals surface area contributed by atoms with Gasteiger partial charge in [0, 0.05) is 18.7 Å². The predicted molar refractivity (Wildman–Crippen MR) is 70.0 cm³/mol. The minimum absolute atomic E-state index is 0.390. The van der Waals surface area contributed by atoms with Crippen LogP contribution in [0.15, 0.2) is 24.3 Å². The summed E-state index contributed by atoms with van der Waals surface area (Å²) in [5.41, 5.74) is 0.983. The summed E-state index contributed by atoms with van der Waals surface area (Å²) >= 11 is 0. The van der Waals surface area contributed by atoms with E-state index in [0.717, 1.165) is 24.6 Å². The molecule has 1 aromatic rings. The van der Waals surface area contributed by atoms with E-state index in [-0.39, 0.29) is 0 Å². The van der Waals surface area contributed by atoms with Gasteiger partial charge >= 0.3 is 0 Å². The number of nitrogens with zero attached hydrogens (tertiary/aromatic N) is 1. The minimum atomic E-state index is 0.390. The van der Waals surface area contributed by atoms with Crippen molar-refractivity contribution < 1.29 is 5.11 Å². The molecule has 2 N–H and O–H groups in total. The van der Waals surface area contributed by atoms with Gasteiger partial charge in [0.15, 0.2) is 0 Å². The lowest BCUT2D eigenvalue weighted by molar-refractivity contribution is 0.206. The van der Waals surface area contributed by atoms with Crippen LogP contribution in [0, 0.1) is 5.92 Å². The number of benzene rings is 1. The van der Waals surface area contributed by atoms with Crippen molar-refractivity contribution in [2.24, 2.45) is 5.92 Å². The van der Waals surface area contributed by atoms with Crippen LogP contribution in [0.3, 0.4) is 0 Å². The SMILES string of the molecule is CN1CCCC(CNCc2ccccc2O)C1. The van der Waals surface area contributed by atoms with Crippen molar-refractivity contribution >= 4 is 0 Å². The topological polar surface area (TPSA) is 35.5 Å². The zero-order valence-corrected chi connectivity index (χ0v) is 10.5. The maximum atomic E-state index is 9.64. The number of rotatable bonds is 4. The molecule has 0 saturated carbocycles. The number of para-hydroxylation sites is 1. The second-order valence-electron chi connectivity index (χ2n) is 5.03. The Morgan fingerprint density at radius 2 is 2.24 bits per heavy atom. The van der Waals surface area contributed by atoms with Crippen LogP contribution >= 0.6 is 0 Å². The molecular weight excluding hydrogens is 212 g/mol. The van der Waals surface area contributed by atoms with Crippen molar-refractivity contribution in [3.05, 3.63) is 29.8 Å². The number of aromatic hydroxyl groups is 1. The molecular formula is C14H22N2O.